The summed E-state index contributed by atoms with van der Waals surface area (Å²) < 4.78 is 0. The highest BCUT2D eigenvalue weighted by atomic mass is 16.7. The van der Waals surface area contributed by atoms with Gasteiger partial charge in [0.05, 0.1) is 7.11 Å². The lowest BCUT2D eigenvalue weighted by Gasteiger charge is -2.18. The maximum absolute atomic E-state index is 11.7. The minimum atomic E-state index is -0.278. The van der Waals surface area contributed by atoms with Crippen LogP contribution in [0, 0.1) is 5.41 Å². The van der Waals surface area contributed by atoms with Crippen LogP contribution in [0.25, 0.3) is 0 Å². The molecule has 112 valence electrons. The average molecular weight is 278 g/mol. The van der Waals surface area contributed by atoms with E-state index < -0.39 is 0 Å². The molecule has 0 saturated carbocycles. The number of amides is 2. The first-order chi connectivity index (χ1) is 9.31. The Morgan fingerprint density at radius 2 is 2.05 bits per heavy atom. The van der Waals surface area contributed by atoms with Crippen molar-refractivity contribution in [2.24, 2.45) is 5.41 Å². The Morgan fingerprint density at radius 3 is 2.65 bits per heavy atom. The predicted octanol–water partition coefficient (Wildman–Crippen LogP) is 4.08. The number of hydroxylamine groups is 2. The molecular formula is C16H26N2O2. The van der Waals surface area contributed by atoms with Gasteiger partial charge in [-0.05, 0) is 42.4 Å². The van der Waals surface area contributed by atoms with Crippen LogP contribution >= 0.6 is 0 Å². The second-order valence-electron chi connectivity index (χ2n) is 6.22. The summed E-state index contributed by atoms with van der Waals surface area (Å²) in [6.45, 7) is 6.76. The molecular weight excluding hydrogens is 252 g/mol. The maximum Gasteiger partial charge on any atom is 0.345 e. The minimum Gasteiger partial charge on any atom is -0.306 e. The summed E-state index contributed by atoms with van der Waals surface area (Å²) >= 11 is 0. The molecule has 0 saturated heterocycles. The third-order valence-corrected chi connectivity index (χ3v) is 3.13. The highest BCUT2D eigenvalue weighted by Crippen LogP contribution is 2.22. The molecule has 1 N–H and O–H groups in total. The van der Waals surface area contributed by atoms with Crippen molar-refractivity contribution >= 4 is 11.7 Å². The van der Waals surface area contributed by atoms with E-state index in [9.17, 15) is 4.79 Å². The van der Waals surface area contributed by atoms with Gasteiger partial charge in [0.25, 0.3) is 0 Å². The summed E-state index contributed by atoms with van der Waals surface area (Å²) in [7, 11) is 3.03. The smallest absolute Gasteiger partial charge is 0.306 e. The summed E-state index contributed by atoms with van der Waals surface area (Å²) in [5.41, 5.74) is 2.41. The van der Waals surface area contributed by atoms with Gasteiger partial charge < -0.3 is 5.32 Å². The topological polar surface area (TPSA) is 41.6 Å². The van der Waals surface area contributed by atoms with Crippen LogP contribution in [0.15, 0.2) is 24.3 Å². The van der Waals surface area contributed by atoms with E-state index in [4.69, 9.17) is 4.84 Å². The van der Waals surface area contributed by atoms with Crippen LogP contribution < -0.4 is 5.32 Å². The van der Waals surface area contributed by atoms with Gasteiger partial charge in [0, 0.05) is 12.7 Å². The zero-order chi connectivity index (χ0) is 15.2. The van der Waals surface area contributed by atoms with Gasteiger partial charge in [0.15, 0.2) is 0 Å². The highest BCUT2D eigenvalue weighted by molar-refractivity contribution is 5.88. The molecule has 0 aliphatic heterocycles. The maximum atomic E-state index is 11.7. The summed E-state index contributed by atoms with van der Waals surface area (Å²) in [5.74, 6) is 0. The van der Waals surface area contributed by atoms with Gasteiger partial charge in [0.2, 0.25) is 0 Å². The monoisotopic (exact) mass is 278 g/mol. The molecule has 1 aromatic rings. The van der Waals surface area contributed by atoms with Crippen molar-refractivity contribution in [1.29, 1.82) is 0 Å². The Morgan fingerprint density at radius 1 is 1.35 bits per heavy atom. The van der Waals surface area contributed by atoms with Crippen molar-refractivity contribution in [3.05, 3.63) is 29.8 Å². The number of hydrogen-bond donors (Lipinski definition) is 1. The largest absolute Gasteiger partial charge is 0.345 e. The molecule has 0 radical (unpaired) electrons. The zero-order valence-electron chi connectivity index (χ0n) is 13.2. The molecule has 0 unspecified atom stereocenters. The van der Waals surface area contributed by atoms with Crippen LogP contribution in [0.3, 0.4) is 0 Å². The van der Waals surface area contributed by atoms with Crippen molar-refractivity contribution in [2.45, 2.75) is 40.0 Å². The molecule has 0 atom stereocenters. The summed E-state index contributed by atoms with van der Waals surface area (Å²) in [4.78, 5) is 16.5. The fourth-order valence-corrected chi connectivity index (χ4v) is 1.91. The van der Waals surface area contributed by atoms with Crippen LogP contribution in [-0.4, -0.2) is 25.3 Å². The van der Waals surface area contributed by atoms with E-state index in [2.05, 4.69) is 32.2 Å². The third-order valence-electron chi connectivity index (χ3n) is 3.13. The second kappa shape index (κ2) is 7.29. The van der Waals surface area contributed by atoms with Crippen LogP contribution in [0.2, 0.25) is 0 Å². The number of rotatable bonds is 5. The quantitative estimate of drug-likeness (QED) is 0.824. The molecule has 0 aliphatic carbocycles. The lowest BCUT2D eigenvalue weighted by molar-refractivity contribution is -0.0598. The van der Waals surface area contributed by atoms with Crippen LogP contribution in [-0.2, 0) is 11.3 Å². The molecule has 4 heteroatoms. The molecule has 0 spiro atoms. The van der Waals surface area contributed by atoms with Gasteiger partial charge in [0.1, 0.15) is 0 Å². The fourth-order valence-electron chi connectivity index (χ4n) is 1.91. The van der Waals surface area contributed by atoms with Crippen molar-refractivity contribution in [3.8, 4) is 0 Å². The predicted molar refractivity (Wildman–Crippen MR) is 82.6 cm³/mol. The molecule has 0 heterocycles. The fraction of sp³-hybridized carbons (Fsp3) is 0.562. The number of urea groups is 1. The Hall–Kier alpha value is -1.55. The third kappa shape index (κ3) is 6.06. The first kappa shape index (κ1) is 16.5. The molecule has 0 aliphatic rings. The van der Waals surface area contributed by atoms with Gasteiger partial charge in [-0.15, -0.1) is 0 Å². The van der Waals surface area contributed by atoms with Gasteiger partial charge >= 0.3 is 6.03 Å². The summed E-state index contributed by atoms with van der Waals surface area (Å²) in [6, 6.07) is 7.69. The SMILES string of the molecule is CON(C)C(=O)Nc1cccc(CCCC(C)(C)C)c1. The van der Waals surface area contributed by atoms with E-state index in [1.807, 2.05) is 18.2 Å². The van der Waals surface area contributed by atoms with Gasteiger partial charge in [-0.1, -0.05) is 32.9 Å². The Labute approximate surface area is 122 Å². The number of nitrogens with one attached hydrogen (secondary N) is 1. The van der Waals surface area contributed by atoms with Crippen LogP contribution in [0.4, 0.5) is 10.5 Å². The Kier molecular flexibility index (Phi) is 6.02. The van der Waals surface area contributed by atoms with Crippen LogP contribution in [0.1, 0.15) is 39.2 Å². The number of benzene rings is 1. The van der Waals surface area contributed by atoms with Crippen molar-refractivity contribution in [2.75, 3.05) is 19.5 Å². The van der Waals surface area contributed by atoms with E-state index in [0.29, 0.717) is 5.41 Å². The van der Waals surface area contributed by atoms with Crippen molar-refractivity contribution in [3.63, 3.8) is 0 Å². The number of anilines is 1. The van der Waals surface area contributed by atoms with Crippen molar-refractivity contribution in [1.82, 2.24) is 5.06 Å². The van der Waals surface area contributed by atoms with Gasteiger partial charge in [-0.3, -0.25) is 4.84 Å². The summed E-state index contributed by atoms with van der Waals surface area (Å²) in [6.07, 6.45) is 3.37. The molecule has 4 nitrogen and oxygen atoms in total. The van der Waals surface area contributed by atoms with Gasteiger partial charge in [-0.2, -0.15) is 0 Å². The molecule has 0 fully saturated rings. The van der Waals surface area contributed by atoms with Crippen LogP contribution in [0.5, 0.6) is 0 Å². The minimum absolute atomic E-state index is 0.278. The lowest BCUT2D eigenvalue weighted by atomic mass is 9.89. The van der Waals surface area contributed by atoms with Crippen molar-refractivity contribution < 1.29 is 9.63 Å². The standard InChI is InChI=1S/C16H26N2O2/c1-16(2,3)11-7-9-13-8-6-10-14(12-13)17-15(19)18(4)20-5/h6,8,10,12H,7,9,11H2,1-5H3,(H,17,19). The first-order valence-electron chi connectivity index (χ1n) is 6.99. The molecule has 20 heavy (non-hydrogen) atoms. The molecule has 2 amide bonds. The normalized spacial score (nSPS) is 11.2. The number of carbonyl (C=O) groups is 1. The lowest BCUT2D eigenvalue weighted by Crippen LogP contribution is -2.30. The second-order valence-corrected chi connectivity index (χ2v) is 6.22. The average Bonchev–Trinajstić information content (AvgIpc) is 2.36. The molecule has 1 aromatic carbocycles. The van der Waals surface area contributed by atoms with E-state index in [1.54, 1.807) is 7.05 Å². The zero-order valence-corrected chi connectivity index (χ0v) is 13.2. The molecule has 1 rings (SSSR count). The number of hydrogen-bond acceptors (Lipinski definition) is 2. The number of carbonyl (C=O) groups excluding carboxylic acids is 1. The van der Waals surface area contributed by atoms with E-state index in [-0.39, 0.29) is 6.03 Å². The Balaban J connectivity index is 2.55. The van der Waals surface area contributed by atoms with E-state index in [1.165, 1.54) is 19.1 Å². The molecule has 0 bridgehead atoms. The number of nitrogens with zero attached hydrogens (tertiary/aromatic N) is 1. The summed E-state index contributed by atoms with van der Waals surface area (Å²) in [5, 5.41) is 3.96. The molecule has 0 aromatic heterocycles. The Bertz CT molecular complexity index is 438. The van der Waals surface area contributed by atoms with E-state index >= 15 is 0 Å². The first-order valence-corrected chi connectivity index (χ1v) is 6.99. The number of aryl methyl sites for hydroxylation is 1. The highest BCUT2D eigenvalue weighted by Gasteiger charge is 2.10. The van der Waals surface area contributed by atoms with Gasteiger partial charge in [-0.25, -0.2) is 9.86 Å². The van der Waals surface area contributed by atoms with E-state index in [0.717, 1.165) is 23.6 Å².